The summed E-state index contributed by atoms with van der Waals surface area (Å²) in [6.07, 6.45) is 0.0837. The highest BCUT2D eigenvalue weighted by Gasteiger charge is 2.39. The zero-order valence-electron chi connectivity index (χ0n) is 26.4. The van der Waals surface area contributed by atoms with Crippen LogP contribution in [0.1, 0.15) is 17.8 Å². The first-order valence-corrected chi connectivity index (χ1v) is 17.0. The van der Waals surface area contributed by atoms with Crippen molar-refractivity contribution in [3.8, 4) is 11.4 Å². The van der Waals surface area contributed by atoms with E-state index in [0.29, 0.717) is 0 Å². The maximum atomic E-state index is 3.90. The van der Waals surface area contributed by atoms with E-state index in [1.165, 1.54) is 76.7 Å². The molecule has 0 bridgehead atoms. The Morgan fingerprint density at radius 1 is 0.408 bits per heavy atom. The largest absolute Gasteiger partial charge is 0.373 e. The summed E-state index contributed by atoms with van der Waals surface area (Å²) in [6.45, 7) is 0. The number of nitrogens with one attached hydrogen (secondary N) is 2. The molecule has 3 aromatic heterocycles. The average Bonchev–Trinajstić information content (AvgIpc) is 3.88. The van der Waals surface area contributed by atoms with E-state index in [2.05, 4.69) is 176 Å². The number of aromatic nitrogens is 3. The predicted octanol–water partition coefficient (Wildman–Crippen LogP) is 11.1. The maximum Gasteiger partial charge on any atom is 0.129 e. The van der Waals surface area contributed by atoms with E-state index in [4.69, 9.17) is 0 Å². The van der Waals surface area contributed by atoms with Gasteiger partial charge in [0, 0.05) is 49.3 Å². The fourth-order valence-electron chi connectivity index (χ4n) is 9.13. The Kier molecular flexibility index (Phi) is 4.76. The summed E-state index contributed by atoms with van der Waals surface area (Å²) in [4.78, 5) is 0. The van der Waals surface area contributed by atoms with Gasteiger partial charge in [0.15, 0.2) is 0 Å². The van der Waals surface area contributed by atoms with E-state index in [1.54, 1.807) is 0 Å². The number of nitrogens with zero attached hydrogens (tertiary/aromatic N) is 3. The first kappa shape index (κ1) is 25.6. The molecule has 2 unspecified atom stereocenters. The van der Waals surface area contributed by atoms with E-state index >= 15 is 0 Å². The monoisotopic (exact) mass is 627 g/mol. The van der Waals surface area contributed by atoms with Gasteiger partial charge in [-0.1, -0.05) is 91.0 Å². The fraction of sp³-hybridized carbons (Fsp3) is 0.0455. The summed E-state index contributed by atoms with van der Waals surface area (Å²) in [5, 5.41) is 15.5. The minimum atomic E-state index is 0.0837. The molecular weight excluding hydrogens is 599 g/mol. The van der Waals surface area contributed by atoms with Crippen LogP contribution >= 0.6 is 0 Å². The van der Waals surface area contributed by atoms with Crippen LogP contribution in [-0.4, -0.2) is 13.7 Å². The molecule has 0 spiro atoms. The normalized spacial score (nSPS) is 16.5. The molecule has 2 atom stereocenters. The van der Waals surface area contributed by atoms with Crippen LogP contribution in [0.15, 0.2) is 152 Å². The molecule has 2 aliphatic heterocycles. The van der Waals surface area contributed by atoms with Gasteiger partial charge in [0.2, 0.25) is 0 Å². The number of fused-ring (bicyclic) bond motifs is 14. The topological polar surface area (TPSA) is 38.9 Å². The van der Waals surface area contributed by atoms with Gasteiger partial charge in [-0.15, -0.1) is 0 Å². The van der Waals surface area contributed by atoms with Crippen LogP contribution in [0.2, 0.25) is 0 Å². The number of hydrogen-bond acceptors (Lipinski definition) is 2. The van der Waals surface area contributed by atoms with Gasteiger partial charge >= 0.3 is 0 Å². The van der Waals surface area contributed by atoms with Crippen molar-refractivity contribution in [3.05, 3.63) is 157 Å². The van der Waals surface area contributed by atoms with E-state index in [9.17, 15) is 0 Å². The molecular formula is C44H29N5. The van der Waals surface area contributed by atoms with Crippen LogP contribution in [0, 0.1) is 0 Å². The van der Waals surface area contributed by atoms with Crippen molar-refractivity contribution in [1.29, 1.82) is 0 Å². The van der Waals surface area contributed by atoms with E-state index in [0.717, 1.165) is 17.1 Å². The van der Waals surface area contributed by atoms with E-state index < -0.39 is 0 Å². The lowest BCUT2D eigenvalue weighted by molar-refractivity contribution is 0.540. The predicted molar refractivity (Wildman–Crippen MR) is 204 cm³/mol. The summed E-state index contributed by atoms with van der Waals surface area (Å²) in [5.74, 6) is 0. The van der Waals surface area contributed by atoms with Gasteiger partial charge in [0.1, 0.15) is 6.17 Å². The number of hydrogen-bond donors (Lipinski definition) is 2. The Labute approximate surface area is 281 Å². The van der Waals surface area contributed by atoms with Gasteiger partial charge in [-0.2, -0.15) is 0 Å². The van der Waals surface area contributed by atoms with Crippen molar-refractivity contribution >= 4 is 76.8 Å². The van der Waals surface area contributed by atoms with E-state index in [-0.39, 0.29) is 12.2 Å². The number of benzene rings is 7. The van der Waals surface area contributed by atoms with Gasteiger partial charge < -0.3 is 24.3 Å². The molecule has 5 heterocycles. The highest BCUT2D eigenvalue weighted by molar-refractivity contribution is 6.29. The quantitative estimate of drug-likeness (QED) is 0.200. The lowest BCUT2D eigenvalue weighted by Gasteiger charge is -2.33. The lowest BCUT2D eigenvalue weighted by atomic mass is 9.99. The molecule has 2 aliphatic rings. The van der Waals surface area contributed by atoms with Crippen LogP contribution in [-0.2, 0) is 0 Å². The fourth-order valence-corrected chi connectivity index (χ4v) is 9.13. The summed E-state index contributed by atoms with van der Waals surface area (Å²) in [7, 11) is 0. The molecule has 0 radical (unpaired) electrons. The van der Waals surface area contributed by atoms with Gasteiger partial charge in [-0.05, 0) is 60.7 Å². The minimum absolute atomic E-state index is 0.0837. The number of rotatable bonds is 2. The van der Waals surface area contributed by atoms with Crippen molar-refractivity contribution < 1.29 is 0 Å². The molecule has 0 amide bonds. The van der Waals surface area contributed by atoms with Gasteiger partial charge in [0.05, 0.1) is 50.5 Å². The Balaban J connectivity index is 1.16. The van der Waals surface area contributed by atoms with Crippen molar-refractivity contribution in [3.63, 3.8) is 0 Å². The number of anilines is 2. The van der Waals surface area contributed by atoms with Crippen molar-refractivity contribution in [2.24, 2.45) is 0 Å². The molecule has 0 saturated heterocycles. The SMILES string of the molecule is c1ccc(-n2c3ccccc3c3ccc(-n4c5ccccc5c5c6c7cccc8c7n(c6ccc54)C4Nc5ccccc5NC84)cc32)cc1. The second-order valence-corrected chi connectivity index (χ2v) is 13.5. The molecule has 0 aliphatic carbocycles. The smallest absolute Gasteiger partial charge is 0.129 e. The second kappa shape index (κ2) is 9.12. The Bertz CT molecular complexity index is 3010. The molecule has 12 rings (SSSR count). The van der Waals surface area contributed by atoms with Gasteiger partial charge in [0.25, 0.3) is 0 Å². The lowest BCUT2D eigenvalue weighted by Crippen LogP contribution is -2.29. The maximum absolute atomic E-state index is 3.90. The molecule has 49 heavy (non-hydrogen) atoms. The van der Waals surface area contributed by atoms with Gasteiger partial charge in [-0.3, -0.25) is 0 Å². The average molecular weight is 628 g/mol. The molecule has 7 aromatic carbocycles. The molecule has 5 heteroatoms. The summed E-state index contributed by atoms with van der Waals surface area (Å²) in [5.41, 5.74) is 13.4. The molecule has 0 fully saturated rings. The highest BCUT2D eigenvalue weighted by atomic mass is 15.3. The second-order valence-electron chi connectivity index (χ2n) is 13.5. The zero-order valence-corrected chi connectivity index (χ0v) is 26.4. The molecule has 230 valence electrons. The van der Waals surface area contributed by atoms with Crippen LogP contribution in [0.5, 0.6) is 0 Å². The Hall–Kier alpha value is -6.46. The number of para-hydroxylation sites is 6. The molecule has 2 N–H and O–H groups in total. The van der Waals surface area contributed by atoms with Crippen LogP contribution in [0.25, 0.3) is 76.8 Å². The van der Waals surface area contributed by atoms with Crippen molar-refractivity contribution in [2.45, 2.75) is 12.2 Å². The van der Waals surface area contributed by atoms with Crippen LogP contribution in [0.3, 0.4) is 0 Å². The summed E-state index contributed by atoms with van der Waals surface area (Å²) < 4.78 is 7.42. The third kappa shape index (κ3) is 3.20. The van der Waals surface area contributed by atoms with Crippen molar-refractivity contribution in [2.75, 3.05) is 10.6 Å². The first-order valence-electron chi connectivity index (χ1n) is 17.0. The molecule has 5 nitrogen and oxygen atoms in total. The van der Waals surface area contributed by atoms with Gasteiger partial charge in [-0.25, -0.2) is 0 Å². The van der Waals surface area contributed by atoms with Crippen LogP contribution < -0.4 is 10.6 Å². The van der Waals surface area contributed by atoms with E-state index in [1.807, 2.05) is 0 Å². The first-order chi connectivity index (χ1) is 24.3. The van der Waals surface area contributed by atoms with Crippen LogP contribution in [0.4, 0.5) is 11.4 Å². The zero-order chi connectivity index (χ0) is 31.8. The molecule has 10 aromatic rings. The Morgan fingerprint density at radius 2 is 1.04 bits per heavy atom. The summed E-state index contributed by atoms with van der Waals surface area (Å²) >= 11 is 0. The third-order valence-electron chi connectivity index (χ3n) is 11.1. The standard InChI is InChI=1S/C44H29N5/c1-2-11-26(12-3-1)47-35-19-8-4-13-28(35)29-22-21-27(25-39(29)47)48-36-20-9-5-14-30(36)40-37(48)23-24-38-41(40)31-15-10-16-32-42-44(49(38)43(31)32)46-34-18-7-6-17-33(34)45-42/h1-25,42,44-46H. The third-order valence-corrected chi connectivity index (χ3v) is 11.1. The highest BCUT2D eigenvalue weighted by Crippen LogP contribution is 2.52. The molecule has 0 saturated carbocycles. The summed E-state index contributed by atoms with van der Waals surface area (Å²) in [6, 6.07) is 55.6. The Morgan fingerprint density at radius 3 is 1.90 bits per heavy atom. The van der Waals surface area contributed by atoms with Crippen molar-refractivity contribution in [1.82, 2.24) is 13.7 Å². The minimum Gasteiger partial charge on any atom is -0.373 e.